The first-order valence-electron chi connectivity index (χ1n) is 15.0. The lowest BCUT2D eigenvalue weighted by molar-refractivity contribution is -0.323. The van der Waals surface area contributed by atoms with E-state index in [-0.39, 0.29) is 36.2 Å². The van der Waals surface area contributed by atoms with Crippen LogP contribution in [0.1, 0.15) is 65.7 Å². The van der Waals surface area contributed by atoms with E-state index >= 15 is 0 Å². The molecule has 0 radical (unpaired) electrons. The highest BCUT2D eigenvalue weighted by Crippen LogP contribution is 2.70. The molecule has 0 bridgehead atoms. The third-order valence-electron chi connectivity index (χ3n) is 12.3. The van der Waals surface area contributed by atoms with Crippen molar-refractivity contribution >= 4 is 5.97 Å². The molecular weight excluding hydrogens is 520 g/mol. The summed E-state index contributed by atoms with van der Waals surface area (Å²) in [7, 11) is 1.42. The van der Waals surface area contributed by atoms with Gasteiger partial charge in [-0.25, -0.2) is 4.79 Å². The zero-order valence-corrected chi connectivity index (χ0v) is 23.9. The minimum Gasteiger partial charge on any atom is -0.458 e. The molecule has 0 amide bonds. The molecule has 5 N–H and O–H groups in total. The van der Waals surface area contributed by atoms with E-state index in [1.54, 1.807) is 13.0 Å². The zero-order chi connectivity index (χ0) is 28.8. The highest BCUT2D eigenvalue weighted by atomic mass is 16.7. The Hall–Kier alpha value is -1.11. The molecule has 5 fully saturated rings. The fraction of sp³-hybridized carbons (Fsp3) is 0.900. The third-order valence-corrected chi connectivity index (χ3v) is 12.3. The van der Waals surface area contributed by atoms with Crippen LogP contribution >= 0.6 is 0 Å². The number of hydrogen-bond acceptors (Lipinski definition) is 10. The van der Waals surface area contributed by atoms with E-state index in [0.717, 1.165) is 24.8 Å². The lowest BCUT2D eigenvalue weighted by Crippen LogP contribution is -2.67. The molecule has 40 heavy (non-hydrogen) atoms. The number of rotatable bonds is 4. The maximum Gasteiger partial charge on any atom is 0.331 e. The second kappa shape index (κ2) is 9.98. The van der Waals surface area contributed by atoms with E-state index < -0.39 is 65.4 Å². The maximum absolute atomic E-state index is 12.4. The van der Waals surface area contributed by atoms with Crippen LogP contribution in [0.3, 0.4) is 0 Å². The summed E-state index contributed by atoms with van der Waals surface area (Å²) < 4.78 is 22.5. The van der Waals surface area contributed by atoms with Gasteiger partial charge in [0.05, 0.1) is 30.0 Å². The van der Waals surface area contributed by atoms with E-state index in [0.29, 0.717) is 25.7 Å². The van der Waals surface area contributed by atoms with Crippen LogP contribution in [-0.4, -0.2) is 99.8 Å². The van der Waals surface area contributed by atoms with Crippen molar-refractivity contribution in [1.29, 1.82) is 0 Å². The molecule has 6 aliphatic rings. The summed E-state index contributed by atoms with van der Waals surface area (Å²) in [4.78, 5) is 11.8. The van der Waals surface area contributed by atoms with Gasteiger partial charge in [-0.2, -0.15) is 0 Å². The van der Waals surface area contributed by atoms with Crippen molar-refractivity contribution in [3.63, 3.8) is 0 Å². The first-order valence-corrected chi connectivity index (χ1v) is 15.0. The van der Waals surface area contributed by atoms with Gasteiger partial charge < -0.3 is 44.5 Å². The minimum absolute atomic E-state index is 0.0152. The van der Waals surface area contributed by atoms with Crippen LogP contribution in [0.25, 0.3) is 0 Å². The van der Waals surface area contributed by atoms with Gasteiger partial charge >= 0.3 is 5.97 Å². The quantitative estimate of drug-likeness (QED) is 0.246. The summed E-state index contributed by atoms with van der Waals surface area (Å²) in [6.07, 6.45) is -0.882. The summed E-state index contributed by atoms with van der Waals surface area (Å²) in [5, 5.41) is 56.6. The molecule has 2 aliphatic heterocycles. The Balaban J connectivity index is 1.21. The average molecular weight is 567 g/mol. The Morgan fingerprint density at radius 2 is 1.77 bits per heavy atom. The molecule has 4 saturated carbocycles. The Morgan fingerprint density at radius 1 is 1.02 bits per heavy atom. The van der Waals surface area contributed by atoms with Crippen molar-refractivity contribution in [1.82, 2.24) is 0 Å². The highest BCUT2D eigenvalue weighted by Gasteiger charge is 2.70. The van der Waals surface area contributed by atoms with Gasteiger partial charge in [0.15, 0.2) is 6.29 Å². The molecule has 10 heteroatoms. The standard InChI is InChI=1S/C30H46O10/c1-14-24(34)26(37-4)25(35)27(39-14)40-21-10-16-5-6-18-23(28(16,2)11-19(21)31)20(32)12-29(3)17(7-8-30(18,29)36)15-9-22(33)38-13-15/h9,14,16-21,23-27,31-32,34-36H,5-8,10-13H2,1-4H3/t14-,16-,17-,18-,19-,20+,21-,23-,24+,25+,26-,27+,28+,29-,30+/m1/s1. The van der Waals surface area contributed by atoms with Crippen molar-refractivity contribution in [2.24, 2.45) is 34.5 Å². The molecule has 226 valence electrons. The maximum atomic E-state index is 12.4. The smallest absolute Gasteiger partial charge is 0.331 e. The molecule has 15 atom stereocenters. The van der Waals surface area contributed by atoms with E-state index in [4.69, 9.17) is 18.9 Å². The molecule has 2 heterocycles. The van der Waals surface area contributed by atoms with Crippen LogP contribution in [0.15, 0.2) is 11.6 Å². The zero-order valence-electron chi connectivity index (χ0n) is 23.9. The summed E-state index contributed by atoms with van der Waals surface area (Å²) in [6, 6.07) is 0. The van der Waals surface area contributed by atoms with Gasteiger partial charge in [0.2, 0.25) is 0 Å². The molecule has 0 spiro atoms. The molecule has 6 rings (SSSR count). The molecule has 0 aromatic rings. The highest BCUT2D eigenvalue weighted by molar-refractivity contribution is 5.85. The van der Waals surface area contributed by atoms with Crippen molar-refractivity contribution in [3.8, 4) is 0 Å². The molecule has 1 saturated heterocycles. The number of fused-ring (bicyclic) bond motifs is 5. The summed E-state index contributed by atoms with van der Waals surface area (Å²) in [6.45, 7) is 6.17. The molecular formula is C30H46O10. The third kappa shape index (κ3) is 4.08. The number of carbonyl (C=O) groups excluding carboxylic acids is 1. The minimum atomic E-state index is -1.20. The topological polar surface area (TPSA) is 155 Å². The largest absolute Gasteiger partial charge is 0.458 e. The van der Waals surface area contributed by atoms with E-state index in [2.05, 4.69) is 13.8 Å². The summed E-state index contributed by atoms with van der Waals surface area (Å²) >= 11 is 0. The Labute approximate surface area is 235 Å². The molecule has 0 unspecified atom stereocenters. The van der Waals surface area contributed by atoms with Gasteiger partial charge in [-0.15, -0.1) is 0 Å². The molecule has 0 aromatic heterocycles. The van der Waals surface area contributed by atoms with Crippen LogP contribution in [0.5, 0.6) is 0 Å². The van der Waals surface area contributed by atoms with Gasteiger partial charge in [0, 0.05) is 18.6 Å². The van der Waals surface area contributed by atoms with Gasteiger partial charge in [-0.05, 0) is 86.5 Å². The van der Waals surface area contributed by atoms with Crippen molar-refractivity contribution in [2.45, 2.75) is 120 Å². The van der Waals surface area contributed by atoms with E-state index in [1.807, 2.05) is 0 Å². The number of aliphatic hydroxyl groups excluding tert-OH is 4. The second-order valence-corrected chi connectivity index (χ2v) is 14.0. The average Bonchev–Trinajstić information content (AvgIpc) is 3.43. The first kappa shape index (κ1) is 29.0. The molecule has 0 aromatic carbocycles. The monoisotopic (exact) mass is 566 g/mol. The van der Waals surface area contributed by atoms with Crippen LogP contribution in [-0.2, 0) is 23.7 Å². The molecule has 4 aliphatic carbocycles. The predicted octanol–water partition coefficient (Wildman–Crippen LogP) is 1.05. The van der Waals surface area contributed by atoms with Crippen LogP contribution in [0, 0.1) is 34.5 Å². The van der Waals surface area contributed by atoms with Gasteiger partial charge in [0.25, 0.3) is 0 Å². The Morgan fingerprint density at radius 3 is 2.45 bits per heavy atom. The van der Waals surface area contributed by atoms with Crippen molar-refractivity contribution in [3.05, 3.63) is 11.6 Å². The summed E-state index contributed by atoms with van der Waals surface area (Å²) in [5.74, 6) is -0.507. The number of esters is 1. The molecule has 10 nitrogen and oxygen atoms in total. The fourth-order valence-electron chi connectivity index (χ4n) is 10.2. The van der Waals surface area contributed by atoms with E-state index in [9.17, 15) is 30.3 Å². The first-order chi connectivity index (χ1) is 18.8. The van der Waals surface area contributed by atoms with Crippen molar-refractivity contribution < 1.29 is 49.3 Å². The summed E-state index contributed by atoms with van der Waals surface area (Å²) in [5.41, 5.74) is -1.03. The number of aliphatic hydroxyl groups is 5. The predicted molar refractivity (Wildman–Crippen MR) is 141 cm³/mol. The number of methoxy groups -OCH3 is 1. The SMILES string of the molecule is CO[C@H]1[C@H](O)[C@H](O[C@@H]2C[C@H]3CC[C@@H]4[C@H]([C@@H](O)C[C@]5(C)[C@@H](C6=CC(=O)OC6)CC[C@]45O)[C@@]3(C)C[C@H]2O)O[C@H](C)[C@@H]1O. The normalized spacial score (nSPS) is 56.1. The van der Waals surface area contributed by atoms with Crippen molar-refractivity contribution in [2.75, 3.05) is 13.7 Å². The van der Waals surface area contributed by atoms with E-state index in [1.165, 1.54) is 7.11 Å². The van der Waals surface area contributed by atoms with Crippen LogP contribution in [0.4, 0.5) is 0 Å². The second-order valence-electron chi connectivity index (χ2n) is 14.0. The number of cyclic esters (lactones) is 1. The van der Waals surface area contributed by atoms with Gasteiger partial charge in [0.1, 0.15) is 24.9 Å². The lowest BCUT2D eigenvalue weighted by atomic mass is 9.42. The number of hydrogen-bond donors (Lipinski definition) is 5. The van der Waals surface area contributed by atoms with Gasteiger partial charge in [-0.1, -0.05) is 13.8 Å². The lowest BCUT2D eigenvalue weighted by Gasteiger charge is -2.65. The Kier molecular flexibility index (Phi) is 7.23. The van der Waals surface area contributed by atoms with Crippen LogP contribution < -0.4 is 0 Å². The van der Waals surface area contributed by atoms with Gasteiger partial charge in [-0.3, -0.25) is 0 Å². The Bertz CT molecular complexity index is 1030. The fourth-order valence-corrected chi connectivity index (χ4v) is 10.2. The van der Waals surface area contributed by atoms with Crippen LogP contribution in [0.2, 0.25) is 0 Å². The number of carbonyl (C=O) groups is 1. The number of ether oxygens (including phenoxy) is 4.